The van der Waals surface area contributed by atoms with Crippen LogP contribution in [0.25, 0.3) is 0 Å². The minimum atomic E-state index is 0.931. The van der Waals surface area contributed by atoms with Gasteiger partial charge < -0.3 is 0 Å². The highest BCUT2D eigenvalue weighted by molar-refractivity contribution is 8.81. The highest BCUT2D eigenvalue weighted by atomic mass is 33.2. The molecule has 17 heavy (non-hydrogen) atoms. The zero-order chi connectivity index (χ0) is 11.8. The van der Waals surface area contributed by atoms with Gasteiger partial charge in [0.15, 0.2) is 0 Å². The molecule has 0 radical (unpaired) electrons. The zero-order valence-corrected chi connectivity index (χ0v) is 11.8. The Hall–Kier alpha value is -0.340. The minimum absolute atomic E-state index is 0.931. The van der Waals surface area contributed by atoms with Crippen LogP contribution in [0, 0.1) is 0 Å². The van der Waals surface area contributed by atoms with E-state index in [0.29, 0.717) is 0 Å². The molecule has 3 nitrogen and oxygen atoms in total. The lowest BCUT2D eigenvalue weighted by molar-refractivity contribution is 0.784. The second-order valence-corrected chi connectivity index (χ2v) is 6.51. The first kappa shape index (κ1) is 13.1. The average Bonchev–Trinajstić information content (AvgIpc) is 2.41. The van der Waals surface area contributed by atoms with Crippen LogP contribution in [-0.2, 0) is 3.63 Å². The Bertz CT molecular complexity index is 387. The Kier molecular flexibility index (Phi) is 6.08. The summed E-state index contributed by atoms with van der Waals surface area (Å²) in [7, 11) is 2.97. The summed E-state index contributed by atoms with van der Waals surface area (Å²) >= 11 is 2.59. The van der Waals surface area contributed by atoms with Gasteiger partial charge in [-0.1, -0.05) is 12.1 Å². The van der Waals surface area contributed by atoms with E-state index in [2.05, 4.69) is 9.97 Å². The molecule has 0 aliphatic rings. The number of hydrogen-bond acceptors (Lipinski definition) is 7. The summed E-state index contributed by atoms with van der Waals surface area (Å²) in [5.41, 5.74) is 0. The molecule has 0 unspecified atom stereocenters. The lowest BCUT2D eigenvalue weighted by Gasteiger charge is -1.99. The Morgan fingerprint density at radius 2 is 1.29 bits per heavy atom. The molecule has 0 bridgehead atoms. The summed E-state index contributed by atoms with van der Waals surface area (Å²) in [6.45, 7) is 0. The van der Waals surface area contributed by atoms with Gasteiger partial charge >= 0.3 is 0 Å². The maximum atomic E-state index is 5.32. The van der Waals surface area contributed by atoms with Crippen molar-refractivity contribution in [2.45, 2.75) is 10.1 Å². The third kappa shape index (κ3) is 5.22. The fraction of sp³-hybridized carbons (Fsp3) is 0. The van der Waals surface area contributed by atoms with Gasteiger partial charge in [0.05, 0.1) is 22.1 Å². The minimum Gasteiger partial charge on any atom is -0.249 e. The molecule has 0 aliphatic carbocycles. The van der Waals surface area contributed by atoms with Crippen LogP contribution < -0.4 is 0 Å². The smallest absolute Gasteiger partial charge is 0.109 e. The summed E-state index contributed by atoms with van der Waals surface area (Å²) < 4.78 is 5.32. The van der Waals surface area contributed by atoms with Crippen molar-refractivity contribution in [2.24, 2.45) is 0 Å². The maximum absolute atomic E-state index is 5.32. The first-order valence-electron chi connectivity index (χ1n) is 4.62. The summed E-state index contributed by atoms with van der Waals surface area (Å²) in [5, 5.41) is 1.86. The molecule has 88 valence electrons. The number of rotatable bonds is 6. The summed E-state index contributed by atoms with van der Waals surface area (Å²) in [6.07, 6.45) is 3.53. The molecule has 0 saturated carbocycles. The third-order valence-electron chi connectivity index (χ3n) is 1.57. The van der Waals surface area contributed by atoms with Crippen LogP contribution in [0.2, 0.25) is 0 Å². The fourth-order valence-corrected chi connectivity index (χ4v) is 4.16. The molecule has 2 rings (SSSR count). The predicted octanol–water partition coefficient (Wildman–Crippen LogP) is 4.50. The third-order valence-corrected chi connectivity index (χ3v) is 5.41. The Balaban J connectivity index is 1.61. The van der Waals surface area contributed by atoms with Crippen molar-refractivity contribution in [3.8, 4) is 0 Å². The van der Waals surface area contributed by atoms with Crippen LogP contribution in [0.1, 0.15) is 0 Å². The molecule has 2 aromatic heterocycles. The fourth-order valence-electron chi connectivity index (χ4n) is 0.902. The number of pyridine rings is 2. The largest absolute Gasteiger partial charge is 0.249 e. The lowest BCUT2D eigenvalue weighted by Crippen LogP contribution is -1.73. The highest BCUT2D eigenvalue weighted by Gasteiger charge is 1.99. The molecule has 0 fully saturated rings. The number of nitrogens with zero attached hydrogens (tertiary/aromatic N) is 2. The van der Waals surface area contributed by atoms with E-state index in [1.807, 2.05) is 36.4 Å². The molecule has 0 aromatic carbocycles. The monoisotopic (exact) mass is 300 g/mol. The van der Waals surface area contributed by atoms with Gasteiger partial charge in [-0.2, -0.15) is 0 Å². The second-order valence-electron chi connectivity index (χ2n) is 2.71. The van der Waals surface area contributed by atoms with Crippen molar-refractivity contribution in [3.63, 3.8) is 0 Å². The van der Waals surface area contributed by atoms with Gasteiger partial charge in [0.2, 0.25) is 0 Å². The van der Waals surface area contributed by atoms with Crippen molar-refractivity contribution in [2.75, 3.05) is 0 Å². The van der Waals surface area contributed by atoms with E-state index in [9.17, 15) is 0 Å². The average molecular weight is 300 g/mol. The maximum Gasteiger partial charge on any atom is 0.109 e. The summed E-state index contributed by atoms with van der Waals surface area (Å²) in [4.78, 5) is 8.34. The van der Waals surface area contributed by atoms with Gasteiger partial charge in [-0.25, -0.2) is 13.6 Å². The second kappa shape index (κ2) is 7.88. The molecule has 7 heteroatoms. The van der Waals surface area contributed by atoms with Crippen molar-refractivity contribution < 1.29 is 3.63 Å². The van der Waals surface area contributed by atoms with Crippen LogP contribution in [0.3, 0.4) is 0 Å². The lowest BCUT2D eigenvalue weighted by atomic mass is 10.5. The quantitative estimate of drug-likeness (QED) is 0.441. The first-order valence-corrected chi connectivity index (χ1v) is 8.77. The Labute approximate surface area is 116 Å². The molecule has 0 aliphatic heterocycles. The van der Waals surface area contributed by atoms with E-state index in [-0.39, 0.29) is 0 Å². The Morgan fingerprint density at radius 1 is 0.765 bits per heavy atom. The summed E-state index contributed by atoms with van der Waals surface area (Å²) in [5.74, 6) is 0. The van der Waals surface area contributed by atoms with E-state index >= 15 is 0 Å². The molecule has 0 spiro atoms. The van der Waals surface area contributed by atoms with Crippen LogP contribution in [0.4, 0.5) is 0 Å². The van der Waals surface area contributed by atoms with Crippen LogP contribution in [0.5, 0.6) is 0 Å². The van der Waals surface area contributed by atoms with Gasteiger partial charge in [0.1, 0.15) is 10.1 Å². The van der Waals surface area contributed by atoms with Crippen molar-refractivity contribution in [3.05, 3.63) is 48.8 Å². The van der Waals surface area contributed by atoms with E-state index in [1.54, 1.807) is 12.4 Å². The van der Waals surface area contributed by atoms with Crippen molar-refractivity contribution >= 4 is 43.7 Å². The van der Waals surface area contributed by atoms with Crippen molar-refractivity contribution in [1.82, 2.24) is 9.97 Å². The summed E-state index contributed by atoms with van der Waals surface area (Å²) in [6, 6.07) is 11.6. The van der Waals surface area contributed by atoms with E-state index in [1.165, 1.54) is 43.7 Å². The van der Waals surface area contributed by atoms with E-state index in [4.69, 9.17) is 3.63 Å². The van der Waals surface area contributed by atoms with Crippen LogP contribution >= 0.6 is 43.7 Å². The van der Waals surface area contributed by atoms with Gasteiger partial charge in [-0.15, -0.1) is 0 Å². The molecular weight excluding hydrogens is 292 g/mol. The highest BCUT2D eigenvalue weighted by Crippen LogP contribution is 2.39. The van der Waals surface area contributed by atoms with Gasteiger partial charge in [-0.05, 0) is 45.9 Å². The normalized spacial score (nSPS) is 10.4. The molecule has 0 N–H and O–H groups in total. The molecule has 2 aromatic rings. The molecular formula is C10H8N2OS4. The van der Waals surface area contributed by atoms with Gasteiger partial charge in [-0.3, -0.25) is 0 Å². The Morgan fingerprint density at radius 3 is 1.71 bits per heavy atom. The predicted molar refractivity (Wildman–Crippen MR) is 76.5 cm³/mol. The van der Waals surface area contributed by atoms with Crippen LogP contribution in [-0.4, -0.2) is 9.97 Å². The van der Waals surface area contributed by atoms with Crippen molar-refractivity contribution in [1.29, 1.82) is 0 Å². The molecule has 0 atom stereocenters. The standard InChI is InChI=1S/C10H8N2OS4/c1-3-7-11-9(5-1)14-16-13-17-15-10-6-2-4-8-12-10/h1-8H. The zero-order valence-electron chi connectivity index (χ0n) is 8.55. The molecule has 2 heterocycles. The van der Waals surface area contributed by atoms with Gasteiger partial charge in [0.25, 0.3) is 0 Å². The van der Waals surface area contributed by atoms with Gasteiger partial charge in [0, 0.05) is 12.4 Å². The van der Waals surface area contributed by atoms with Crippen LogP contribution in [0.15, 0.2) is 58.8 Å². The van der Waals surface area contributed by atoms with E-state index in [0.717, 1.165) is 10.1 Å². The molecule has 0 saturated heterocycles. The number of hydrogen-bond donors (Lipinski definition) is 0. The molecule has 0 amide bonds. The SMILES string of the molecule is c1ccc(SSOSSc2ccccn2)nc1. The van der Waals surface area contributed by atoms with E-state index < -0.39 is 0 Å². The first-order chi connectivity index (χ1) is 8.45. The number of aromatic nitrogens is 2. The topological polar surface area (TPSA) is 35.0 Å².